The Labute approximate surface area is 155 Å². The van der Waals surface area contributed by atoms with Crippen molar-refractivity contribution in [2.24, 2.45) is 22.5 Å². The number of fused-ring (bicyclic) bond motifs is 2. The Morgan fingerprint density at radius 3 is 2.81 bits per heavy atom. The minimum absolute atomic E-state index is 0.0311. The van der Waals surface area contributed by atoms with E-state index in [1.165, 1.54) is 0 Å². The number of nitrogens with two attached hydrogens (primary N) is 2. The maximum Gasteiger partial charge on any atom is 0.170 e. The zero-order valence-electron chi connectivity index (χ0n) is 14.3. The molecule has 2 aliphatic rings. The number of ether oxygens (including phenoxy) is 1. The molecule has 2 unspecified atom stereocenters. The number of hydrogen-bond donors (Lipinski definition) is 4. The summed E-state index contributed by atoms with van der Waals surface area (Å²) in [6, 6.07) is 7.24. The summed E-state index contributed by atoms with van der Waals surface area (Å²) in [6.07, 6.45) is 11.2. The molecule has 0 amide bonds. The Balaban J connectivity index is 1.52. The summed E-state index contributed by atoms with van der Waals surface area (Å²) in [5, 5.41) is 20.2. The Hall–Kier alpha value is -3.74. The highest BCUT2D eigenvalue weighted by Gasteiger charge is 2.27. The first-order valence-corrected chi connectivity index (χ1v) is 8.36. The number of nitrogens with one attached hydrogen (secondary N) is 1. The maximum absolute atomic E-state index is 8.78. The van der Waals surface area contributed by atoms with Crippen LogP contribution in [-0.2, 0) is 4.74 Å². The summed E-state index contributed by atoms with van der Waals surface area (Å²) in [4.78, 5) is 0. The van der Waals surface area contributed by atoms with E-state index in [2.05, 4.69) is 5.16 Å². The van der Waals surface area contributed by atoms with Gasteiger partial charge in [0.15, 0.2) is 5.84 Å². The molecule has 0 saturated heterocycles. The smallest absolute Gasteiger partial charge is 0.170 e. The van der Waals surface area contributed by atoms with Gasteiger partial charge in [-0.1, -0.05) is 29.4 Å². The first-order chi connectivity index (χ1) is 13.0. The van der Waals surface area contributed by atoms with Crippen molar-refractivity contribution < 1.29 is 14.4 Å². The highest BCUT2D eigenvalue weighted by molar-refractivity contribution is 6.00. The second kappa shape index (κ2) is 6.53. The number of nitrogens with zero attached hydrogens (tertiary/aromatic N) is 1. The highest BCUT2D eigenvalue weighted by atomic mass is 16.5. The van der Waals surface area contributed by atoms with Gasteiger partial charge in [0, 0.05) is 22.4 Å². The van der Waals surface area contributed by atoms with Crippen LogP contribution in [0, 0.1) is 11.3 Å². The average molecular weight is 362 g/mol. The monoisotopic (exact) mass is 362 g/mol. The number of allylic oxidation sites excluding steroid dienone is 1. The van der Waals surface area contributed by atoms with Crippen LogP contribution in [0.1, 0.15) is 11.3 Å². The number of amidine groups is 2. The molecule has 7 nitrogen and oxygen atoms in total. The molecule has 2 atom stereocenters. The first kappa shape index (κ1) is 16.7. The van der Waals surface area contributed by atoms with Crippen molar-refractivity contribution in [2.75, 3.05) is 0 Å². The molecule has 1 aliphatic carbocycles. The van der Waals surface area contributed by atoms with E-state index in [0.717, 1.165) is 11.1 Å². The van der Waals surface area contributed by atoms with Crippen LogP contribution in [0.2, 0.25) is 0 Å². The molecule has 0 spiro atoms. The number of furan rings is 1. The SMILES string of the molecule is N=C(N)C1=CC2OC(/C=C/c3cc4ccc(C(N)=NO)cc4o3)=CC2C=C1. The second-order valence-corrected chi connectivity index (χ2v) is 6.34. The van der Waals surface area contributed by atoms with Crippen molar-refractivity contribution in [3.05, 3.63) is 77.3 Å². The fraction of sp³-hybridized carbons (Fsp3) is 0.100. The molecule has 2 heterocycles. The zero-order chi connectivity index (χ0) is 19.0. The molecule has 1 aromatic heterocycles. The molecule has 136 valence electrons. The van der Waals surface area contributed by atoms with E-state index in [-0.39, 0.29) is 23.7 Å². The highest BCUT2D eigenvalue weighted by Crippen LogP contribution is 2.31. The largest absolute Gasteiger partial charge is 0.486 e. The summed E-state index contributed by atoms with van der Waals surface area (Å²) in [6.45, 7) is 0. The minimum Gasteiger partial charge on any atom is -0.486 e. The molecule has 0 radical (unpaired) electrons. The van der Waals surface area contributed by atoms with Gasteiger partial charge in [-0.25, -0.2) is 0 Å². The van der Waals surface area contributed by atoms with E-state index in [9.17, 15) is 0 Å². The second-order valence-electron chi connectivity index (χ2n) is 6.34. The summed E-state index contributed by atoms with van der Waals surface area (Å²) in [5.74, 6) is 1.59. The Bertz CT molecular complexity index is 1070. The molecule has 0 saturated carbocycles. The standard InChI is InChI=1S/C20H18N4O3/c21-19(22)13-3-1-11-7-15(26-17(11)9-13)5-6-16-8-12-2-4-14(20(23)24-25)10-18(12)27-16/h1-11,17,25H,(H3,21,22)(H2,23,24)/b6-5+. The van der Waals surface area contributed by atoms with E-state index in [1.54, 1.807) is 12.1 Å². The molecule has 1 aliphatic heterocycles. The summed E-state index contributed by atoms with van der Waals surface area (Å²) >= 11 is 0. The molecule has 0 fully saturated rings. The van der Waals surface area contributed by atoms with E-state index in [1.807, 2.05) is 48.6 Å². The lowest BCUT2D eigenvalue weighted by Crippen LogP contribution is -2.21. The van der Waals surface area contributed by atoms with Crippen LogP contribution in [0.25, 0.3) is 17.0 Å². The van der Waals surface area contributed by atoms with Crippen molar-refractivity contribution in [3.8, 4) is 0 Å². The Morgan fingerprint density at radius 2 is 2.04 bits per heavy atom. The minimum atomic E-state index is -0.146. The number of hydrogen-bond acceptors (Lipinski definition) is 5. The van der Waals surface area contributed by atoms with Gasteiger partial charge in [0.2, 0.25) is 0 Å². The molecule has 1 aromatic carbocycles. The number of rotatable bonds is 4. The molecular weight excluding hydrogens is 344 g/mol. The third-order valence-electron chi connectivity index (χ3n) is 4.52. The first-order valence-electron chi connectivity index (χ1n) is 8.36. The lowest BCUT2D eigenvalue weighted by atomic mass is 9.94. The Morgan fingerprint density at radius 1 is 1.19 bits per heavy atom. The summed E-state index contributed by atoms with van der Waals surface area (Å²) < 4.78 is 11.7. The lowest BCUT2D eigenvalue weighted by Gasteiger charge is -2.17. The third-order valence-corrected chi connectivity index (χ3v) is 4.52. The Kier molecular flexibility index (Phi) is 4.04. The van der Waals surface area contributed by atoms with Gasteiger partial charge in [0.25, 0.3) is 0 Å². The van der Waals surface area contributed by atoms with Gasteiger partial charge in [-0.2, -0.15) is 0 Å². The van der Waals surface area contributed by atoms with Crippen LogP contribution in [0.4, 0.5) is 0 Å². The summed E-state index contributed by atoms with van der Waals surface area (Å²) in [5.41, 5.74) is 13.0. The normalized spacial score (nSPS) is 21.9. The van der Waals surface area contributed by atoms with Crippen molar-refractivity contribution in [1.82, 2.24) is 0 Å². The van der Waals surface area contributed by atoms with E-state index in [0.29, 0.717) is 22.5 Å². The molecule has 6 N–H and O–H groups in total. The van der Waals surface area contributed by atoms with Crippen LogP contribution < -0.4 is 11.5 Å². The van der Waals surface area contributed by atoms with Gasteiger partial charge in [0.1, 0.15) is 29.0 Å². The quantitative estimate of drug-likeness (QED) is 0.287. The van der Waals surface area contributed by atoms with Crippen molar-refractivity contribution >= 4 is 28.7 Å². The van der Waals surface area contributed by atoms with Gasteiger partial charge in [-0.05, 0) is 36.4 Å². The van der Waals surface area contributed by atoms with Crippen LogP contribution >= 0.6 is 0 Å². The molecule has 0 bridgehead atoms. The van der Waals surface area contributed by atoms with Crippen molar-refractivity contribution in [1.29, 1.82) is 5.41 Å². The van der Waals surface area contributed by atoms with E-state index < -0.39 is 0 Å². The van der Waals surface area contributed by atoms with Crippen LogP contribution in [0.15, 0.2) is 75.6 Å². The zero-order valence-corrected chi connectivity index (χ0v) is 14.3. The molecule has 7 heteroatoms. The van der Waals surface area contributed by atoms with Crippen molar-refractivity contribution in [3.63, 3.8) is 0 Å². The maximum atomic E-state index is 8.78. The fourth-order valence-corrected chi connectivity index (χ4v) is 3.11. The van der Waals surface area contributed by atoms with E-state index in [4.69, 9.17) is 31.2 Å². The summed E-state index contributed by atoms with van der Waals surface area (Å²) in [7, 11) is 0. The molecule has 27 heavy (non-hydrogen) atoms. The van der Waals surface area contributed by atoms with Crippen LogP contribution in [0.5, 0.6) is 0 Å². The molecular formula is C20H18N4O3. The van der Waals surface area contributed by atoms with Crippen LogP contribution in [0.3, 0.4) is 0 Å². The van der Waals surface area contributed by atoms with Gasteiger partial charge in [-0.3, -0.25) is 5.41 Å². The van der Waals surface area contributed by atoms with Gasteiger partial charge in [-0.15, -0.1) is 0 Å². The van der Waals surface area contributed by atoms with Gasteiger partial charge >= 0.3 is 0 Å². The number of benzene rings is 1. The van der Waals surface area contributed by atoms with Crippen LogP contribution in [-0.4, -0.2) is 23.0 Å². The van der Waals surface area contributed by atoms with Gasteiger partial charge in [0.05, 0.1) is 0 Å². The predicted molar refractivity (Wildman–Crippen MR) is 103 cm³/mol. The third kappa shape index (κ3) is 3.22. The van der Waals surface area contributed by atoms with Gasteiger partial charge < -0.3 is 25.8 Å². The fourth-order valence-electron chi connectivity index (χ4n) is 3.11. The van der Waals surface area contributed by atoms with Crippen molar-refractivity contribution in [2.45, 2.75) is 6.10 Å². The van der Waals surface area contributed by atoms with E-state index >= 15 is 0 Å². The average Bonchev–Trinajstić information content (AvgIpc) is 3.27. The molecule has 4 rings (SSSR count). The molecule has 2 aromatic rings. The predicted octanol–water partition coefficient (Wildman–Crippen LogP) is 2.87. The topological polar surface area (TPSA) is 131 Å². The lowest BCUT2D eigenvalue weighted by molar-refractivity contribution is 0.173. The number of oxime groups is 1.